The lowest BCUT2D eigenvalue weighted by Crippen LogP contribution is -1.96. The molecular formula is C22H17N5. The van der Waals surface area contributed by atoms with Gasteiger partial charge in [0.25, 0.3) is 0 Å². The lowest BCUT2D eigenvalue weighted by Gasteiger charge is -2.05. The van der Waals surface area contributed by atoms with Crippen molar-refractivity contribution in [1.29, 1.82) is 0 Å². The Labute approximate surface area is 156 Å². The summed E-state index contributed by atoms with van der Waals surface area (Å²) in [5, 5.41) is 10.8. The van der Waals surface area contributed by atoms with Gasteiger partial charge in [-0.3, -0.25) is 4.98 Å². The molecule has 0 bridgehead atoms. The standard InChI is InChI=1S/C22H17N5/c1-2-27-20-9-4-3-7-16(20)17-13-15(10-11-21(17)27)19-14-24-26-22(25-19)18-8-5-6-12-23-18/h3-14H,2H2,1H3. The normalized spacial score (nSPS) is 11.3. The van der Waals surface area contributed by atoms with Crippen molar-refractivity contribution in [2.45, 2.75) is 13.5 Å². The number of rotatable bonds is 3. The molecule has 0 N–H and O–H groups in total. The summed E-state index contributed by atoms with van der Waals surface area (Å²) in [5.41, 5.74) is 5.02. The second-order valence-corrected chi connectivity index (χ2v) is 6.37. The van der Waals surface area contributed by atoms with Crippen LogP contribution in [0.15, 0.2) is 73.1 Å². The van der Waals surface area contributed by atoms with Gasteiger partial charge in [0, 0.05) is 40.1 Å². The van der Waals surface area contributed by atoms with Gasteiger partial charge in [0.2, 0.25) is 5.82 Å². The van der Waals surface area contributed by atoms with Gasteiger partial charge in [-0.15, -0.1) is 5.10 Å². The Balaban J connectivity index is 1.69. The van der Waals surface area contributed by atoms with E-state index in [1.54, 1.807) is 12.4 Å². The smallest absolute Gasteiger partial charge is 0.200 e. The molecule has 5 aromatic rings. The highest BCUT2D eigenvalue weighted by Gasteiger charge is 2.12. The molecule has 0 spiro atoms. The number of hydrogen-bond donors (Lipinski definition) is 0. The lowest BCUT2D eigenvalue weighted by molar-refractivity contribution is 0.827. The van der Waals surface area contributed by atoms with Crippen LogP contribution in [0.3, 0.4) is 0 Å². The Kier molecular flexibility index (Phi) is 3.64. The Morgan fingerprint density at radius 3 is 2.56 bits per heavy atom. The second-order valence-electron chi connectivity index (χ2n) is 6.37. The first-order valence-corrected chi connectivity index (χ1v) is 8.97. The van der Waals surface area contributed by atoms with Crippen molar-refractivity contribution >= 4 is 21.8 Å². The molecule has 0 saturated heterocycles. The number of fused-ring (bicyclic) bond motifs is 3. The molecule has 0 amide bonds. The summed E-state index contributed by atoms with van der Waals surface area (Å²) in [6.07, 6.45) is 3.43. The molecule has 2 aromatic carbocycles. The topological polar surface area (TPSA) is 56.5 Å². The van der Waals surface area contributed by atoms with Gasteiger partial charge in [0.05, 0.1) is 11.9 Å². The molecule has 5 nitrogen and oxygen atoms in total. The predicted octanol–water partition coefficient (Wildman–Crippen LogP) is 4.73. The van der Waals surface area contributed by atoms with Crippen LogP contribution in [-0.4, -0.2) is 24.7 Å². The van der Waals surface area contributed by atoms with Gasteiger partial charge in [0.15, 0.2) is 0 Å². The van der Waals surface area contributed by atoms with E-state index < -0.39 is 0 Å². The molecule has 0 aliphatic carbocycles. The Hall–Kier alpha value is -3.60. The molecule has 0 radical (unpaired) electrons. The average molecular weight is 351 g/mol. The molecule has 130 valence electrons. The Morgan fingerprint density at radius 2 is 1.70 bits per heavy atom. The zero-order valence-corrected chi connectivity index (χ0v) is 14.9. The number of aromatic nitrogens is 5. The van der Waals surface area contributed by atoms with E-state index in [9.17, 15) is 0 Å². The van der Waals surface area contributed by atoms with Crippen LogP contribution in [-0.2, 0) is 6.54 Å². The maximum atomic E-state index is 4.68. The number of para-hydroxylation sites is 1. The highest BCUT2D eigenvalue weighted by atomic mass is 15.2. The minimum atomic E-state index is 0.532. The van der Waals surface area contributed by atoms with E-state index in [0.717, 1.165) is 23.5 Å². The van der Waals surface area contributed by atoms with Crippen LogP contribution in [0.1, 0.15) is 6.92 Å². The monoisotopic (exact) mass is 351 g/mol. The molecule has 0 aliphatic rings. The second kappa shape index (κ2) is 6.29. The summed E-state index contributed by atoms with van der Waals surface area (Å²) in [7, 11) is 0. The van der Waals surface area contributed by atoms with Gasteiger partial charge in [0.1, 0.15) is 5.69 Å². The summed E-state index contributed by atoms with van der Waals surface area (Å²) in [6, 6.07) is 20.6. The van der Waals surface area contributed by atoms with Crippen molar-refractivity contribution in [3.8, 4) is 22.8 Å². The van der Waals surface area contributed by atoms with Crippen molar-refractivity contribution < 1.29 is 0 Å². The molecule has 0 atom stereocenters. The van der Waals surface area contributed by atoms with Crippen LogP contribution in [0.2, 0.25) is 0 Å². The quantitative estimate of drug-likeness (QED) is 0.471. The zero-order valence-electron chi connectivity index (χ0n) is 14.9. The number of pyridine rings is 1. The fourth-order valence-corrected chi connectivity index (χ4v) is 3.60. The van der Waals surface area contributed by atoms with Gasteiger partial charge < -0.3 is 4.57 Å². The van der Waals surface area contributed by atoms with E-state index >= 15 is 0 Å². The fraction of sp³-hybridized carbons (Fsp3) is 0.0909. The van der Waals surface area contributed by atoms with Crippen molar-refractivity contribution in [2.75, 3.05) is 0 Å². The largest absolute Gasteiger partial charge is 0.341 e. The summed E-state index contributed by atoms with van der Waals surface area (Å²) in [5.74, 6) is 0.532. The molecule has 3 heterocycles. The minimum absolute atomic E-state index is 0.532. The maximum absolute atomic E-state index is 4.68. The highest BCUT2D eigenvalue weighted by molar-refractivity contribution is 6.09. The van der Waals surface area contributed by atoms with Crippen LogP contribution < -0.4 is 0 Å². The molecule has 0 aliphatic heterocycles. The first-order valence-electron chi connectivity index (χ1n) is 8.97. The molecule has 5 heteroatoms. The molecule has 5 rings (SSSR count). The van der Waals surface area contributed by atoms with Crippen molar-refractivity contribution in [2.24, 2.45) is 0 Å². The van der Waals surface area contributed by atoms with E-state index in [1.165, 1.54) is 21.8 Å². The summed E-state index contributed by atoms with van der Waals surface area (Å²) >= 11 is 0. The van der Waals surface area contributed by atoms with Crippen LogP contribution in [0.5, 0.6) is 0 Å². The molecular weight excluding hydrogens is 334 g/mol. The van der Waals surface area contributed by atoms with E-state index in [0.29, 0.717) is 5.82 Å². The minimum Gasteiger partial charge on any atom is -0.341 e. The van der Waals surface area contributed by atoms with Gasteiger partial charge in [-0.1, -0.05) is 30.3 Å². The SMILES string of the molecule is CCn1c2ccccc2c2cc(-c3cnnc(-c4ccccn4)n3)ccc21. The highest BCUT2D eigenvalue weighted by Crippen LogP contribution is 2.32. The summed E-state index contributed by atoms with van der Waals surface area (Å²) < 4.78 is 2.34. The van der Waals surface area contributed by atoms with Crippen LogP contribution >= 0.6 is 0 Å². The Bertz CT molecular complexity index is 1260. The number of nitrogens with zero attached hydrogens (tertiary/aromatic N) is 5. The van der Waals surface area contributed by atoms with E-state index in [-0.39, 0.29) is 0 Å². The van der Waals surface area contributed by atoms with Crippen molar-refractivity contribution in [3.63, 3.8) is 0 Å². The van der Waals surface area contributed by atoms with Gasteiger partial charge in [-0.05, 0) is 37.3 Å². The van der Waals surface area contributed by atoms with Crippen LogP contribution in [0.25, 0.3) is 44.6 Å². The maximum Gasteiger partial charge on any atom is 0.200 e. The van der Waals surface area contributed by atoms with E-state index in [1.807, 2.05) is 18.2 Å². The third-order valence-corrected chi connectivity index (χ3v) is 4.84. The number of hydrogen-bond acceptors (Lipinski definition) is 4. The average Bonchev–Trinajstić information content (AvgIpc) is 3.07. The third kappa shape index (κ3) is 2.56. The molecule has 0 fully saturated rings. The lowest BCUT2D eigenvalue weighted by atomic mass is 10.1. The van der Waals surface area contributed by atoms with Gasteiger partial charge >= 0.3 is 0 Å². The molecule has 3 aromatic heterocycles. The summed E-state index contributed by atoms with van der Waals surface area (Å²) in [6.45, 7) is 3.11. The van der Waals surface area contributed by atoms with E-state index in [2.05, 4.69) is 74.1 Å². The zero-order chi connectivity index (χ0) is 18.2. The predicted molar refractivity (Wildman–Crippen MR) is 107 cm³/mol. The van der Waals surface area contributed by atoms with Crippen LogP contribution in [0.4, 0.5) is 0 Å². The molecule has 0 unspecified atom stereocenters. The first-order chi connectivity index (χ1) is 13.3. The number of benzene rings is 2. The number of aryl methyl sites for hydroxylation is 1. The molecule has 0 saturated carbocycles. The molecule has 27 heavy (non-hydrogen) atoms. The van der Waals surface area contributed by atoms with Gasteiger partial charge in [-0.2, -0.15) is 5.10 Å². The van der Waals surface area contributed by atoms with Gasteiger partial charge in [-0.25, -0.2) is 4.98 Å². The Morgan fingerprint density at radius 1 is 0.852 bits per heavy atom. The van der Waals surface area contributed by atoms with Crippen molar-refractivity contribution in [1.82, 2.24) is 24.7 Å². The first kappa shape index (κ1) is 15.6. The van der Waals surface area contributed by atoms with Crippen LogP contribution in [0, 0.1) is 0 Å². The van der Waals surface area contributed by atoms with E-state index in [4.69, 9.17) is 0 Å². The fourth-order valence-electron chi connectivity index (χ4n) is 3.60. The summed E-state index contributed by atoms with van der Waals surface area (Å²) in [4.78, 5) is 9.00. The van der Waals surface area contributed by atoms with Crippen molar-refractivity contribution in [3.05, 3.63) is 73.1 Å². The third-order valence-electron chi connectivity index (χ3n) is 4.84.